The molecule has 1 heterocycles. The predicted octanol–water partition coefficient (Wildman–Crippen LogP) is 4.85. The fourth-order valence-electron chi connectivity index (χ4n) is 2.72. The van der Waals surface area contributed by atoms with Crippen LogP contribution in [0.3, 0.4) is 0 Å². The zero-order valence-electron chi connectivity index (χ0n) is 11.5. The summed E-state index contributed by atoms with van der Waals surface area (Å²) in [6.45, 7) is 0. The number of benzene rings is 1. The first-order valence-electron chi connectivity index (χ1n) is 7.18. The van der Waals surface area contributed by atoms with Gasteiger partial charge in [-0.3, -0.25) is 0 Å². The van der Waals surface area contributed by atoms with Crippen LogP contribution in [0.4, 0.5) is 5.69 Å². The number of aromatic nitrogens is 1. The van der Waals surface area contributed by atoms with Gasteiger partial charge >= 0.3 is 0 Å². The highest BCUT2D eigenvalue weighted by atomic mass is 16.5. The van der Waals surface area contributed by atoms with Gasteiger partial charge in [-0.1, -0.05) is 6.42 Å². The van der Waals surface area contributed by atoms with Crippen molar-refractivity contribution in [1.29, 1.82) is 5.53 Å². The topological polar surface area (TPSA) is 50.4 Å². The highest BCUT2D eigenvalue weighted by Gasteiger charge is 2.17. The Balaban J connectivity index is 1.86. The molecule has 0 bridgehead atoms. The second-order valence-electron chi connectivity index (χ2n) is 5.23. The van der Waals surface area contributed by atoms with Crippen LogP contribution in [-0.4, -0.2) is 10.7 Å². The highest BCUT2D eigenvalue weighted by molar-refractivity contribution is 5.56. The van der Waals surface area contributed by atoms with E-state index in [1.54, 1.807) is 0 Å². The molecule has 0 saturated heterocycles. The lowest BCUT2D eigenvalue weighted by molar-refractivity contribution is 0.155. The monoisotopic (exact) mass is 269 g/mol. The van der Waals surface area contributed by atoms with Crippen molar-refractivity contribution in [3.63, 3.8) is 0 Å². The van der Waals surface area contributed by atoms with Crippen molar-refractivity contribution >= 4 is 5.69 Å². The van der Waals surface area contributed by atoms with Crippen LogP contribution in [0.1, 0.15) is 32.1 Å². The van der Waals surface area contributed by atoms with Crippen LogP contribution in [0.15, 0.2) is 47.8 Å². The minimum atomic E-state index is 0.268. The Morgan fingerprint density at radius 2 is 1.85 bits per heavy atom. The lowest BCUT2D eigenvalue weighted by atomic mass is 9.98. The fourth-order valence-corrected chi connectivity index (χ4v) is 2.72. The number of nitrogens with one attached hydrogen (secondary N) is 1. The molecule has 1 fully saturated rings. The summed E-state index contributed by atoms with van der Waals surface area (Å²) >= 11 is 0. The molecule has 1 aromatic heterocycles. The smallest absolute Gasteiger partial charge is 0.149 e. The van der Waals surface area contributed by atoms with Gasteiger partial charge in [-0.2, -0.15) is 5.11 Å². The summed E-state index contributed by atoms with van der Waals surface area (Å²) < 4.78 is 8.12. The van der Waals surface area contributed by atoms with Gasteiger partial charge in [-0.05, 0) is 49.9 Å². The molecule has 1 N–H and O–H groups in total. The molecule has 2 aromatic rings. The van der Waals surface area contributed by atoms with Gasteiger partial charge in [0.15, 0.2) is 0 Å². The van der Waals surface area contributed by atoms with Crippen molar-refractivity contribution in [2.24, 2.45) is 5.11 Å². The van der Waals surface area contributed by atoms with E-state index in [2.05, 4.69) is 5.11 Å². The summed E-state index contributed by atoms with van der Waals surface area (Å²) in [6.07, 6.45) is 10.2. The van der Waals surface area contributed by atoms with E-state index in [9.17, 15) is 0 Å². The zero-order valence-corrected chi connectivity index (χ0v) is 11.5. The van der Waals surface area contributed by atoms with Gasteiger partial charge in [0.25, 0.3) is 0 Å². The number of rotatable bonds is 4. The third-order valence-electron chi connectivity index (χ3n) is 3.81. The summed E-state index contributed by atoms with van der Waals surface area (Å²) in [4.78, 5) is 0. The quantitative estimate of drug-likeness (QED) is 0.792. The van der Waals surface area contributed by atoms with Crippen molar-refractivity contribution < 1.29 is 4.74 Å². The molecule has 1 aliphatic rings. The molecule has 1 aromatic carbocycles. The highest BCUT2D eigenvalue weighted by Crippen LogP contribution is 2.33. The van der Waals surface area contributed by atoms with E-state index >= 15 is 0 Å². The maximum atomic E-state index is 7.29. The molecule has 3 rings (SSSR count). The van der Waals surface area contributed by atoms with Crippen LogP contribution in [0, 0.1) is 5.53 Å². The molecule has 0 aliphatic heterocycles. The summed E-state index contributed by atoms with van der Waals surface area (Å²) in [7, 11) is 0. The average molecular weight is 269 g/mol. The largest absolute Gasteiger partial charge is 0.488 e. The predicted molar refractivity (Wildman–Crippen MR) is 78.1 cm³/mol. The molecule has 0 spiro atoms. The van der Waals surface area contributed by atoms with Crippen LogP contribution in [0.5, 0.6) is 5.75 Å². The Hall–Kier alpha value is -2.10. The van der Waals surface area contributed by atoms with Crippen molar-refractivity contribution in [2.45, 2.75) is 38.2 Å². The van der Waals surface area contributed by atoms with Crippen molar-refractivity contribution in [3.05, 3.63) is 42.7 Å². The van der Waals surface area contributed by atoms with E-state index in [4.69, 9.17) is 10.3 Å². The van der Waals surface area contributed by atoms with Gasteiger partial charge < -0.3 is 9.30 Å². The van der Waals surface area contributed by atoms with Crippen LogP contribution < -0.4 is 4.74 Å². The summed E-state index contributed by atoms with van der Waals surface area (Å²) in [5.41, 5.74) is 8.92. The minimum Gasteiger partial charge on any atom is -0.488 e. The van der Waals surface area contributed by atoms with Gasteiger partial charge in [0.05, 0.1) is 6.10 Å². The van der Waals surface area contributed by atoms with Crippen LogP contribution >= 0.6 is 0 Å². The van der Waals surface area contributed by atoms with Gasteiger partial charge in [0.2, 0.25) is 0 Å². The molecule has 4 heteroatoms. The Labute approximate surface area is 118 Å². The van der Waals surface area contributed by atoms with Gasteiger partial charge in [-0.15, -0.1) is 0 Å². The number of hydrogen-bond acceptors (Lipinski definition) is 3. The molecule has 1 saturated carbocycles. The number of nitrogens with zero attached hydrogens (tertiary/aromatic N) is 2. The van der Waals surface area contributed by atoms with Crippen molar-refractivity contribution in [2.75, 3.05) is 0 Å². The van der Waals surface area contributed by atoms with E-state index < -0.39 is 0 Å². The maximum absolute atomic E-state index is 7.29. The molecule has 0 amide bonds. The van der Waals surface area contributed by atoms with Gasteiger partial charge in [0.1, 0.15) is 11.4 Å². The van der Waals surface area contributed by atoms with E-state index in [0.29, 0.717) is 5.69 Å². The third-order valence-corrected chi connectivity index (χ3v) is 3.81. The summed E-state index contributed by atoms with van der Waals surface area (Å²) in [5, 5.41) is 3.57. The van der Waals surface area contributed by atoms with Crippen LogP contribution in [-0.2, 0) is 0 Å². The molecule has 0 radical (unpaired) electrons. The second-order valence-corrected chi connectivity index (χ2v) is 5.23. The van der Waals surface area contributed by atoms with Crippen LogP contribution in [0.25, 0.3) is 5.69 Å². The molecule has 0 unspecified atom stereocenters. The standard InChI is InChI=1S/C16H19N3O/c17-18-15-9-8-13(19-10-4-5-11-19)12-16(15)20-14-6-2-1-3-7-14/h4-5,8-12,14,17H,1-3,6-7H2. The normalized spacial score (nSPS) is 16.0. The Bertz CT molecular complexity index is 571. The first kappa shape index (κ1) is 12.9. The fraction of sp³-hybridized carbons (Fsp3) is 0.375. The van der Waals surface area contributed by atoms with E-state index in [0.717, 1.165) is 24.3 Å². The lowest BCUT2D eigenvalue weighted by Crippen LogP contribution is -2.19. The Morgan fingerprint density at radius 1 is 1.10 bits per heavy atom. The van der Waals surface area contributed by atoms with Crippen LogP contribution in [0.2, 0.25) is 0 Å². The number of hydrogen-bond donors (Lipinski definition) is 1. The molecule has 104 valence electrons. The zero-order chi connectivity index (χ0) is 13.8. The first-order valence-corrected chi connectivity index (χ1v) is 7.18. The second kappa shape index (κ2) is 5.90. The Morgan fingerprint density at radius 3 is 2.55 bits per heavy atom. The summed E-state index contributed by atoms with van der Waals surface area (Å²) in [5.74, 6) is 0.720. The molecule has 20 heavy (non-hydrogen) atoms. The molecule has 4 nitrogen and oxygen atoms in total. The van der Waals surface area contributed by atoms with Gasteiger partial charge in [-0.25, -0.2) is 5.53 Å². The minimum absolute atomic E-state index is 0.268. The molecular formula is C16H19N3O. The number of ether oxygens (including phenoxy) is 1. The Kier molecular flexibility index (Phi) is 3.81. The van der Waals surface area contributed by atoms with Crippen molar-refractivity contribution in [3.8, 4) is 11.4 Å². The molecular weight excluding hydrogens is 250 g/mol. The third kappa shape index (κ3) is 2.74. The van der Waals surface area contributed by atoms with Crippen molar-refractivity contribution in [1.82, 2.24) is 4.57 Å². The molecule has 0 atom stereocenters. The van der Waals surface area contributed by atoms with Gasteiger partial charge in [0, 0.05) is 24.1 Å². The summed E-state index contributed by atoms with van der Waals surface area (Å²) in [6, 6.07) is 9.76. The molecule has 1 aliphatic carbocycles. The van der Waals surface area contributed by atoms with E-state index in [1.807, 2.05) is 47.3 Å². The lowest BCUT2D eigenvalue weighted by Gasteiger charge is -2.23. The van der Waals surface area contributed by atoms with E-state index in [-0.39, 0.29) is 6.10 Å². The van der Waals surface area contributed by atoms with E-state index in [1.165, 1.54) is 19.3 Å². The maximum Gasteiger partial charge on any atom is 0.149 e. The first-order chi connectivity index (χ1) is 9.86. The average Bonchev–Trinajstić information content (AvgIpc) is 3.02. The SMILES string of the molecule is N=Nc1ccc(-n2cccc2)cc1OC1CCCCC1.